The molecular weight excluding hydrogens is 637 g/mol. The summed E-state index contributed by atoms with van der Waals surface area (Å²) in [6.45, 7) is 7.09. The molecule has 4 aliphatic rings. The Labute approximate surface area is 291 Å². The molecule has 11 heteroatoms. The van der Waals surface area contributed by atoms with Crippen molar-refractivity contribution in [3.05, 3.63) is 72.3 Å². The number of imidazole rings is 1. The first kappa shape index (κ1) is 33.1. The van der Waals surface area contributed by atoms with Gasteiger partial charge in [-0.15, -0.1) is 11.8 Å². The van der Waals surface area contributed by atoms with E-state index in [2.05, 4.69) is 82.6 Å². The average molecular weight is 681 g/mol. The number of rotatable bonds is 8. The first-order valence-corrected chi connectivity index (χ1v) is 18.4. The predicted molar refractivity (Wildman–Crippen MR) is 193 cm³/mol. The van der Waals surface area contributed by atoms with E-state index in [1.165, 1.54) is 12.7 Å². The fourth-order valence-corrected chi connectivity index (χ4v) is 8.80. The van der Waals surface area contributed by atoms with E-state index in [4.69, 9.17) is 9.73 Å². The van der Waals surface area contributed by atoms with Gasteiger partial charge in [0.05, 0.1) is 36.5 Å². The first-order valence-electron chi connectivity index (χ1n) is 17.3. The highest BCUT2D eigenvalue weighted by Gasteiger charge is 2.46. The molecule has 49 heavy (non-hydrogen) atoms. The molecule has 256 valence electrons. The minimum Gasteiger partial charge on any atom is -0.453 e. The molecule has 0 bridgehead atoms. The average Bonchev–Trinajstić information content (AvgIpc) is 3.95. The van der Waals surface area contributed by atoms with Crippen molar-refractivity contribution in [2.75, 3.05) is 19.4 Å². The smallest absolute Gasteiger partial charge is 0.407 e. The molecule has 1 aromatic heterocycles. The molecule has 0 radical (unpaired) electrons. The van der Waals surface area contributed by atoms with Crippen molar-refractivity contribution in [1.82, 2.24) is 25.1 Å². The van der Waals surface area contributed by atoms with E-state index in [1.807, 2.05) is 24.2 Å². The summed E-state index contributed by atoms with van der Waals surface area (Å²) < 4.78 is 4.72. The number of hydrogen-bond donors (Lipinski definition) is 2. The van der Waals surface area contributed by atoms with Gasteiger partial charge in [0.1, 0.15) is 11.9 Å². The van der Waals surface area contributed by atoms with E-state index in [0.29, 0.717) is 12.3 Å². The number of alkyl carbamates (subject to hydrolysis) is 1. The zero-order valence-electron chi connectivity index (χ0n) is 28.5. The standard InChI is InChI=1S/C38H44N6O4S/c1-22(2)23(3)36(45)43-17-5-6-32(43)30-18-28(19-39-30)26-9-7-24(8-10-26)25-11-13-27(14-12-25)31-20-40-35(41-31)33-21-49-34-16-15-29(37(46)44(33)34)42-38(47)48-4/h7-14,19-20,22-23,29,32-34H,5-6,15-18,21H2,1-4H3,(H,40,41)(H,42,47)/t23-,29-,32-,33-,34-/m0/s1. The van der Waals surface area contributed by atoms with Crippen molar-refractivity contribution in [2.24, 2.45) is 16.8 Å². The Kier molecular flexibility index (Phi) is 9.37. The Hall–Kier alpha value is -4.38. The van der Waals surface area contributed by atoms with Crippen LogP contribution in [-0.2, 0) is 14.3 Å². The van der Waals surface area contributed by atoms with Crippen LogP contribution in [0.25, 0.3) is 28.0 Å². The van der Waals surface area contributed by atoms with Gasteiger partial charge in [0.15, 0.2) is 0 Å². The second-order valence-corrected chi connectivity index (χ2v) is 15.0. The molecule has 0 spiro atoms. The van der Waals surface area contributed by atoms with Crippen LogP contribution in [0.2, 0.25) is 0 Å². The van der Waals surface area contributed by atoms with E-state index in [1.54, 1.807) is 11.8 Å². The zero-order chi connectivity index (χ0) is 34.2. The highest BCUT2D eigenvalue weighted by Crippen LogP contribution is 2.43. The number of piperidine rings is 1. The third kappa shape index (κ3) is 6.52. The molecule has 3 amide bonds. The van der Waals surface area contributed by atoms with Crippen LogP contribution < -0.4 is 5.32 Å². The predicted octanol–water partition coefficient (Wildman–Crippen LogP) is 6.67. The lowest BCUT2D eigenvalue weighted by Crippen LogP contribution is -2.54. The van der Waals surface area contributed by atoms with Crippen LogP contribution in [0.5, 0.6) is 0 Å². The second-order valence-electron chi connectivity index (χ2n) is 13.8. The van der Waals surface area contributed by atoms with Crippen LogP contribution in [0, 0.1) is 11.8 Å². The molecule has 7 rings (SSSR count). The Morgan fingerprint density at radius 1 is 0.959 bits per heavy atom. The van der Waals surface area contributed by atoms with Gasteiger partial charge >= 0.3 is 6.09 Å². The fraction of sp³-hybridized carbons (Fsp3) is 0.447. The number of nitrogens with one attached hydrogen (secondary N) is 2. The molecule has 10 nitrogen and oxygen atoms in total. The van der Waals surface area contributed by atoms with Crippen LogP contribution in [0.3, 0.4) is 0 Å². The van der Waals surface area contributed by atoms with Gasteiger partial charge in [0, 0.05) is 36.5 Å². The molecule has 3 fully saturated rings. The molecule has 5 atom stereocenters. The van der Waals surface area contributed by atoms with Gasteiger partial charge < -0.3 is 24.8 Å². The zero-order valence-corrected chi connectivity index (χ0v) is 29.3. The lowest BCUT2D eigenvalue weighted by molar-refractivity contribution is -0.138. The highest BCUT2D eigenvalue weighted by atomic mass is 32.2. The van der Waals surface area contributed by atoms with Gasteiger partial charge in [-0.25, -0.2) is 9.78 Å². The lowest BCUT2D eigenvalue weighted by atomic mass is 9.94. The number of thioether (sulfide) groups is 1. The molecule has 0 saturated carbocycles. The van der Waals surface area contributed by atoms with Crippen LogP contribution in [-0.4, -0.2) is 80.3 Å². The minimum atomic E-state index is -0.590. The number of fused-ring (bicyclic) bond motifs is 1. The number of aliphatic imine (C=N–C) groups is 1. The number of likely N-dealkylation sites (tertiary alicyclic amines) is 1. The fourth-order valence-electron chi connectivity index (χ4n) is 7.36. The first-order chi connectivity index (χ1) is 23.7. The monoisotopic (exact) mass is 680 g/mol. The van der Waals surface area contributed by atoms with Crippen LogP contribution >= 0.6 is 11.8 Å². The molecular formula is C38H44N6O4S. The maximum absolute atomic E-state index is 13.3. The van der Waals surface area contributed by atoms with Gasteiger partial charge in [-0.1, -0.05) is 69.3 Å². The maximum atomic E-state index is 13.3. The molecule has 3 aromatic rings. The SMILES string of the molecule is COC(=O)N[C@H]1CC[C@@H]2SC[C@@H](c3ncc(-c4ccc(-c5ccc(C6=CN=C([C@@H]7CCCN7C(=O)[C@@H](C)C(C)C)C6)cc5)cc4)[nH]3)N2C1=O. The van der Waals surface area contributed by atoms with Crippen molar-refractivity contribution in [3.8, 4) is 22.4 Å². The molecule has 2 N–H and O–H groups in total. The number of allylic oxidation sites excluding steroid dienone is 1. The number of ether oxygens (including phenoxy) is 1. The second kappa shape index (κ2) is 13.9. The summed E-state index contributed by atoms with van der Waals surface area (Å²) in [7, 11) is 1.30. The molecule has 5 heterocycles. The number of aromatic nitrogens is 2. The lowest BCUT2D eigenvalue weighted by Gasteiger charge is -2.36. The van der Waals surface area contributed by atoms with Crippen LogP contribution in [0.1, 0.15) is 70.3 Å². The van der Waals surface area contributed by atoms with E-state index in [0.717, 1.165) is 77.5 Å². The number of methoxy groups -OCH3 is 1. The molecule has 0 aliphatic carbocycles. The number of H-pyrrole nitrogens is 1. The third-order valence-electron chi connectivity index (χ3n) is 10.6. The quantitative estimate of drug-likeness (QED) is 0.274. The minimum absolute atomic E-state index is 0.0204. The van der Waals surface area contributed by atoms with Gasteiger partial charge in [0.2, 0.25) is 11.8 Å². The summed E-state index contributed by atoms with van der Waals surface area (Å²) in [6, 6.07) is 16.4. The molecule has 3 saturated heterocycles. The van der Waals surface area contributed by atoms with Gasteiger partial charge in [-0.2, -0.15) is 0 Å². The van der Waals surface area contributed by atoms with Crippen molar-refractivity contribution >= 4 is 41.0 Å². The summed E-state index contributed by atoms with van der Waals surface area (Å²) in [5.41, 5.74) is 7.60. The highest BCUT2D eigenvalue weighted by molar-refractivity contribution is 8.00. The van der Waals surface area contributed by atoms with E-state index >= 15 is 0 Å². The maximum Gasteiger partial charge on any atom is 0.407 e. The molecule has 2 aromatic carbocycles. The molecule has 4 aliphatic heterocycles. The van der Waals surface area contributed by atoms with E-state index in [-0.39, 0.29) is 35.2 Å². The Balaban J connectivity index is 0.979. The number of carbonyl (C=O) groups is 3. The number of nitrogens with zero attached hydrogens (tertiary/aromatic N) is 4. The Morgan fingerprint density at radius 2 is 1.65 bits per heavy atom. The number of hydrogen-bond acceptors (Lipinski definition) is 7. The summed E-state index contributed by atoms with van der Waals surface area (Å²) in [5.74, 6) is 2.01. The molecule has 0 unspecified atom stereocenters. The van der Waals surface area contributed by atoms with Crippen molar-refractivity contribution < 1.29 is 19.1 Å². The Morgan fingerprint density at radius 3 is 2.35 bits per heavy atom. The Bertz CT molecular complexity index is 1780. The van der Waals surface area contributed by atoms with Crippen molar-refractivity contribution in [2.45, 2.75) is 76.4 Å². The number of amides is 3. The number of carbonyl (C=O) groups excluding carboxylic acids is 3. The summed E-state index contributed by atoms with van der Waals surface area (Å²) in [6.07, 6.45) is 7.42. The third-order valence-corrected chi connectivity index (χ3v) is 11.9. The van der Waals surface area contributed by atoms with Crippen LogP contribution in [0.4, 0.5) is 4.79 Å². The number of benzene rings is 2. The van der Waals surface area contributed by atoms with Gasteiger partial charge in [-0.05, 0) is 59.4 Å². The van der Waals surface area contributed by atoms with Crippen molar-refractivity contribution in [3.63, 3.8) is 0 Å². The normalized spacial score (nSPS) is 24.1. The van der Waals surface area contributed by atoms with E-state index < -0.39 is 12.1 Å². The van der Waals surface area contributed by atoms with E-state index in [9.17, 15) is 14.4 Å². The number of aromatic amines is 1. The van der Waals surface area contributed by atoms with Crippen LogP contribution in [0.15, 0.2) is 65.9 Å². The van der Waals surface area contributed by atoms with Gasteiger partial charge in [-0.3, -0.25) is 14.6 Å². The largest absolute Gasteiger partial charge is 0.453 e. The summed E-state index contributed by atoms with van der Waals surface area (Å²) in [5, 5.41) is 2.76. The van der Waals surface area contributed by atoms with Crippen molar-refractivity contribution in [1.29, 1.82) is 0 Å². The summed E-state index contributed by atoms with van der Waals surface area (Å²) >= 11 is 1.76. The topological polar surface area (TPSA) is 120 Å². The summed E-state index contributed by atoms with van der Waals surface area (Å²) in [4.78, 5) is 55.1. The van der Waals surface area contributed by atoms with Gasteiger partial charge in [0.25, 0.3) is 0 Å².